The summed E-state index contributed by atoms with van der Waals surface area (Å²) in [7, 11) is 0. The van der Waals surface area contributed by atoms with Crippen LogP contribution in [0.25, 0.3) is 0 Å². The van der Waals surface area contributed by atoms with E-state index in [1.807, 2.05) is 19.1 Å². The lowest BCUT2D eigenvalue weighted by Crippen LogP contribution is -2.15. The first-order chi connectivity index (χ1) is 7.01. The average molecular weight is 207 g/mol. The quantitative estimate of drug-likeness (QED) is 0.768. The van der Waals surface area contributed by atoms with Crippen molar-refractivity contribution in [2.75, 3.05) is 12.3 Å². The van der Waals surface area contributed by atoms with Gasteiger partial charge in [0, 0.05) is 0 Å². The maximum Gasteiger partial charge on any atom is 0.142 e. The lowest BCUT2D eigenvalue weighted by Gasteiger charge is -2.24. The molecule has 0 fully saturated rings. The Kier molecular flexibility index (Phi) is 3.61. The summed E-state index contributed by atoms with van der Waals surface area (Å²) >= 11 is 0. The molecule has 0 aliphatic heterocycles. The molecule has 0 saturated carbocycles. The molecule has 0 aliphatic carbocycles. The monoisotopic (exact) mass is 207 g/mol. The Morgan fingerprint density at radius 2 is 1.93 bits per heavy atom. The number of hydrogen-bond acceptors (Lipinski definition) is 2. The van der Waals surface area contributed by atoms with Crippen LogP contribution in [-0.2, 0) is 5.41 Å². The maximum atomic E-state index is 5.93. The Morgan fingerprint density at radius 3 is 2.40 bits per heavy atom. The molecule has 1 aromatic rings. The second-order valence-electron chi connectivity index (χ2n) is 4.42. The second-order valence-corrected chi connectivity index (χ2v) is 4.42. The topological polar surface area (TPSA) is 35.2 Å². The predicted octanol–water partition coefficient (Wildman–Crippen LogP) is 3.36. The van der Waals surface area contributed by atoms with E-state index < -0.39 is 0 Å². The smallest absolute Gasteiger partial charge is 0.142 e. The van der Waals surface area contributed by atoms with Crippen molar-refractivity contribution < 1.29 is 4.74 Å². The summed E-state index contributed by atoms with van der Waals surface area (Å²) in [4.78, 5) is 0. The van der Waals surface area contributed by atoms with E-state index in [9.17, 15) is 0 Å². The molecule has 2 nitrogen and oxygen atoms in total. The van der Waals surface area contributed by atoms with E-state index in [0.29, 0.717) is 6.61 Å². The van der Waals surface area contributed by atoms with Gasteiger partial charge in [0.2, 0.25) is 0 Å². The fourth-order valence-electron chi connectivity index (χ4n) is 1.46. The molecule has 1 rings (SSSR count). The molecule has 0 aliphatic rings. The van der Waals surface area contributed by atoms with Gasteiger partial charge in [0.25, 0.3) is 0 Å². The molecule has 0 amide bonds. The Labute approximate surface area is 92.4 Å². The number of rotatable bonds is 4. The highest BCUT2D eigenvalue weighted by Gasteiger charge is 2.18. The summed E-state index contributed by atoms with van der Waals surface area (Å²) in [6.45, 7) is 9.25. The van der Waals surface area contributed by atoms with E-state index >= 15 is 0 Å². The molecule has 2 N–H and O–H groups in total. The molecule has 0 radical (unpaired) electrons. The normalized spacial score (nSPS) is 11.5. The molecule has 2 heteroatoms. The third-order valence-electron chi connectivity index (χ3n) is 2.97. The fraction of sp³-hybridized carbons (Fsp3) is 0.538. The number of nitrogens with two attached hydrogens (primary N) is 1. The van der Waals surface area contributed by atoms with Crippen LogP contribution >= 0.6 is 0 Å². The molecule has 1 aromatic carbocycles. The third kappa shape index (κ3) is 2.65. The lowest BCUT2D eigenvalue weighted by molar-refractivity contribution is 0.341. The van der Waals surface area contributed by atoms with Gasteiger partial charge < -0.3 is 10.5 Å². The zero-order chi connectivity index (χ0) is 11.5. The summed E-state index contributed by atoms with van der Waals surface area (Å²) < 4.78 is 5.41. The number of nitrogen functional groups attached to an aromatic ring is 1. The van der Waals surface area contributed by atoms with Crippen molar-refractivity contribution in [1.82, 2.24) is 0 Å². The van der Waals surface area contributed by atoms with Gasteiger partial charge in [0.1, 0.15) is 5.75 Å². The van der Waals surface area contributed by atoms with Crippen LogP contribution in [0, 0.1) is 0 Å². The van der Waals surface area contributed by atoms with Crippen molar-refractivity contribution >= 4 is 5.69 Å². The highest BCUT2D eigenvalue weighted by atomic mass is 16.5. The van der Waals surface area contributed by atoms with Gasteiger partial charge in [-0.05, 0) is 36.5 Å². The van der Waals surface area contributed by atoms with Crippen LogP contribution in [0.3, 0.4) is 0 Å². The van der Waals surface area contributed by atoms with E-state index in [-0.39, 0.29) is 5.41 Å². The highest BCUT2D eigenvalue weighted by Crippen LogP contribution is 2.31. The highest BCUT2D eigenvalue weighted by molar-refractivity contribution is 5.55. The van der Waals surface area contributed by atoms with Gasteiger partial charge in [-0.2, -0.15) is 0 Å². The van der Waals surface area contributed by atoms with Crippen molar-refractivity contribution in [1.29, 1.82) is 0 Å². The van der Waals surface area contributed by atoms with Crippen LogP contribution in [0.5, 0.6) is 5.75 Å². The van der Waals surface area contributed by atoms with Gasteiger partial charge in [-0.3, -0.25) is 0 Å². The van der Waals surface area contributed by atoms with Gasteiger partial charge in [-0.25, -0.2) is 0 Å². The second kappa shape index (κ2) is 4.56. The van der Waals surface area contributed by atoms with Crippen molar-refractivity contribution in [2.24, 2.45) is 0 Å². The minimum Gasteiger partial charge on any atom is -0.492 e. The van der Waals surface area contributed by atoms with E-state index in [1.54, 1.807) is 0 Å². The summed E-state index contributed by atoms with van der Waals surface area (Å²) in [5.74, 6) is 0.785. The molecule has 0 heterocycles. The van der Waals surface area contributed by atoms with Crippen LogP contribution < -0.4 is 10.5 Å². The molecule has 0 aromatic heterocycles. The summed E-state index contributed by atoms with van der Waals surface area (Å²) in [5, 5.41) is 0. The van der Waals surface area contributed by atoms with Gasteiger partial charge in [-0.15, -0.1) is 0 Å². The standard InChI is InChI=1S/C13H21NO/c1-5-13(3,4)10-7-8-12(15-6-2)11(14)9-10/h7-9H,5-6,14H2,1-4H3. The zero-order valence-corrected chi connectivity index (χ0v) is 10.1. The number of anilines is 1. The fourth-order valence-corrected chi connectivity index (χ4v) is 1.46. The Morgan fingerprint density at radius 1 is 1.27 bits per heavy atom. The van der Waals surface area contributed by atoms with Crippen molar-refractivity contribution in [3.63, 3.8) is 0 Å². The van der Waals surface area contributed by atoms with Crippen LogP contribution in [-0.4, -0.2) is 6.61 Å². The number of ether oxygens (including phenoxy) is 1. The van der Waals surface area contributed by atoms with Crippen molar-refractivity contribution in [3.05, 3.63) is 23.8 Å². The van der Waals surface area contributed by atoms with Crippen molar-refractivity contribution in [3.8, 4) is 5.75 Å². The first kappa shape index (κ1) is 11.9. The summed E-state index contributed by atoms with van der Waals surface area (Å²) in [6.07, 6.45) is 1.10. The zero-order valence-electron chi connectivity index (χ0n) is 10.1. The molecular weight excluding hydrogens is 186 g/mol. The van der Waals surface area contributed by atoms with Crippen molar-refractivity contribution in [2.45, 2.75) is 39.5 Å². The lowest BCUT2D eigenvalue weighted by atomic mass is 9.82. The Hall–Kier alpha value is -1.18. The third-order valence-corrected chi connectivity index (χ3v) is 2.97. The Bertz CT molecular complexity index is 331. The predicted molar refractivity (Wildman–Crippen MR) is 65.3 cm³/mol. The Balaban J connectivity index is 3.01. The van der Waals surface area contributed by atoms with E-state index in [1.165, 1.54) is 5.56 Å². The van der Waals surface area contributed by atoms with Gasteiger partial charge in [0.15, 0.2) is 0 Å². The summed E-state index contributed by atoms with van der Waals surface area (Å²) in [5.41, 5.74) is 8.11. The van der Waals surface area contributed by atoms with Crippen LogP contribution in [0.2, 0.25) is 0 Å². The largest absolute Gasteiger partial charge is 0.492 e. The molecule has 0 bridgehead atoms. The van der Waals surface area contributed by atoms with Gasteiger partial charge in [0.05, 0.1) is 12.3 Å². The minimum absolute atomic E-state index is 0.179. The molecule has 15 heavy (non-hydrogen) atoms. The molecule has 0 unspecified atom stereocenters. The van der Waals surface area contributed by atoms with Crippen LogP contribution in [0.1, 0.15) is 39.7 Å². The van der Waals surface area contributed by atoms with Crippen LogP contribution in [0.4, 0.5) is 5.69 Å². The van der Waals surface area contributed by atoms with Gasteiger partial charge in [-0.1, -0.05) is 26.8 Å². The molecule has 0 atom stereocenters. The minimum atomic E-state index is 0.179. The van der Waals surface area contributed by atoms with E-state index in [0.717, 1.165) is 17.9 Å². The molecule has 0 saturated heterocycles. The number of hydrogen-bond donors (Lipinski definition) is 1. The maximum absolute atomic E-state index is 5.93. The van der Waals surface area contributed by atoms with E-state index in [2.05, 4.69) is 26.8 Å². The SMILES string of the molecule is CCOc1ccc(C(C)(C)CC)cc1N. The molecule has 0 spiro atoms. The summed E-state index contributed by atoms with van der Waals surface area (Å²) in [6, 6.07) is 6.09. The van der Waals surface area contributed by atoms with Gasteiger partial charge >= 0.3 is 0 Å². The van der Waals surface area contributed by atoms with Crippen LogP contribution in [0.15, 0.2) is 18.2 Å². The first-order valence-electron chi connectivity index (χ1n) is 5.54. The first-order valence-corrected chi connectivity index (χ1v) is 5.54. The average Bonchev–Trinajstić information content (AvgIpc) is 2.21. The molecule has 84 valence electrons. The molecular formula is C13H21NO. The number of benzene rings is 1. The van der Waals surface area contributed by atoms with E-state index in [4.69, 9.17) is 10.5 Å².